The van der Waals surface area contributed by atoms with E-state index in [0.717, 1.165) is 19.6 Å². The first-order valence-corrected chi connectivity index (χ1v) is 19.8. The van der Waals surface area contributed by atoms with Gasteiger partial charge in [0.05, 0.1) is 34.6 Å². The number of halogens is 1. The molecule has 3 aliphatic heterocycles. The van der Waals surface area contributed by atoms with E-state index in [1.54, 1.807) is 52.8 Å². The molecule has 2 aromatic carbocycles. The van der Waals surface area contributed by atoms with E-state index in [-0.39, 0.29) is 68.3 Å². The molecule has 12 nitrogen and oxygen atoms in total. The number of rotatable bonds is 12. The number of aliphatic hydroxyl groups excluding tert-OH is 2. The second kappa shape index (κ2) is 15.6. The number of phenols is 2. The van der Waals surface area contributed by atoms with Gasteiger partial charge >= 0.3 is 0 Å². The molecule has 0 bridgehead atoms. The predicted molar refractivity (Wildman–Crippen MR) is 213 cm³/mol. The molecule has 0 radical (unpaired) electrons. The summed E-state index contributed by atoms with van der Waals surface area (Å²) in [6.45, 7) is 20.4. The Bertz CT molecular complexity index is 1970. The number of phenolic OH excluding ortho intramolecular Hbond substituents is 2. The smallest absolute Gasteiger partial charge is 0.272 e. The Morgan fingerprint density at radius 2 is 1.64 bits per heavy atom. The van der Waals surface area contributed by atoms with Gasteiger partial charge in [0, 0.05) is 71.7 Å². The summed E-state index contributed by atoms with van der Waals surface area (Å²) in [5.41, 5.74) is -0.227. The van der Waals surface area contributed by atoms with Crippen molar-refractivity contribution in [2.75, 3.05) is 25.0 Å². The number of nitrogens with one attached hydrogen (secondary N) is 1. The molecule has 0 aliphatic carbocycles. The predicted octanol–water partition coefficient (Wildman–Crippen LogP) is 5.24. The summed E-state index contributed by atoms with van der Waals surface area (Å²) >= 11 is 2.41. The molecule has 0 saturated carbocycles. The zero-order valence-electron chi connectivity index (χ0n) is 32.5. The van der Waals surface area contributed by atoms with Crippen molar-refractivity contribution < 1.29 is 39.5 Å². The highest BCUT2D eigenvalue weighted by Crippen LogP contribution is 2.50. The molecule has 1 saturated heterocycles. The largest absolute Gasteiger partial charge is 0.507 e. The molecule has 1 unspecified atom stereocenters. The van der Waals surface area contributed by atoms with E-state index in [4.69, 9.17) is 19.5 Å². The minimum Gasteiger partial charge on any atom is -0.507 e. The van der Waals surface area contributed by atoms with Gasteiger partial charge in [-0.1, -0.05) is 75.4 Å². The average Bonchev–Trinajstić information content (AvgIpc) is 3.58. The van der Waals surface area contributed by atoms with Gasteiger partial charge in [-0.15, -0.1) is 0 Å². The highest BCUT2D eigenvalue weighted by Gasteiger charge is 2.50. The third-order valence-corrected chi connectivity index (χ3v) is 11.1. The van der Waals surface area contributed by atoms with Crippen molar-refractivity contribution in [2.24, 2.45) is 27.7 Å². The highest BCUT2D eigenvalue weighted by atomic mass is 127. The summed E-state index contributed by atoms with van der Waals surface area (Å²) in [6.07, 6.45) is 4.43. The molecule has 290 valence electrons. The number of piperidine rings is 1. The number of hydrogen-bond donors (Lipinski definition) is 5. The van der Waals surface area contributed by atoms with Crippen LogP contribution in [0.5, 0.6) is 17.2 Å². The molecule has 1 spiro atoms. The number of Topliss-reactive ketones (excluding diaryl/α,β-unsaturated/α-hetero) is 1. The molecule has 1 fully saturated rings. The first-order valence-electron chi connectivity index (χ1n) is 18.6. The molecule has 0 aromatic heterocycles. The molecule has 53 heavy (non-hydrogen) atoms. The number of aliphatic hydroxyl groups is 2. The maximum absolute atomic E-state index is 14.2. The van der Waals surface area contributed by atoms with Gasteiger partial charge in [-0.05, 0) is 33.6 Å². The Kier molecular flexibility index (Phi) is 12.1. The summed E-state index contributed by atoms with van der Waals surface area (Å²) in [5, 5.41) is 48.4. The lowest BCUT2D eigenvalue weighted by atomic mass is 9.85. The number of carbonyl (C=O) groups excluding carboxylic acids is 2. The molecule has 2 aromatic rings. The van der Waals surface area contributed by atoms with Crippen molar-refractivity contribution >= 4 is 50.7 Å². The van der Waals surface area contributed by atoms with Crippen LogP contribution in [0.4, 0.5) is 5.69 Å². The Labute approximate surface area is 325 Å². The van der Waals surface area contributed by atoms with Crippen LogP contribution in [-0.4, -0.2) is 90.3 Å². The maximum atomic E-state index is 14.2. The lowest BCUT2D eigenvalue weighted by molar-refractivity contribution is -0.150. The van der Waals surface area contributed by atoms with Crippen LogP contribution in [0.25, 0.3) is 10.8 Å². The number of hydrogen-bond acceptors (Lipinski definition) is 11. The van der Waals surface area contributed by atoms with Crippen molar-refractivity contribution in [1.82, 2.24) is 4.90 Å². The monoisotopic (exact) mass is 846 g/mol. The van der Waals surface area contributed by atoms with Gasteiger partial charge in [0.2, 0.25) is 5.78 Å². The van der Waals surface area contributed by atoms with Crippen molar-refractivity contribution in [3.63, 3.8) is 0 Å². The number of benzene rings is 2. The second-order valence-corrected chi connectivity index (χ2v) is 17.9. The van der Waals surface area contributed by atoms with Crippen LogP contribution in [0.15, 0.2) is 33.8 Å². The molecule has 3 aliphatic rings. The first kappa shape index (κ1) is 41.1. The van der Waals surface area contributed by atoms with Gasteiger partial charge in [0.1, 0.15) is 22.5 Å². The fourth-order valence-electron chi connectivity index (χ4n) is 7.64. The molecule has 5 N–H and O–H groups in total. The normalized spacial score (nSPS) is 22.8. The summed E-state index contributed by atoms with van der Waals surface area (Å²) in [6, 6.07) is 0. The number of likely N-dealkylation sites (tertiary alicyclic amines) is 1. The van der Waals surface area contributed by atoms with Gasteiger partial charge in [0.15, 0.2) is 11.4 Å². The summed E-state index contributed by atoms with van der Waals surface area (Å²) in [5.74, 6) is -3.89. The Morgan fingerprint density at radius 3 is 2.23 bits per heavy atom. The summed E-state index contributed by atoms with van der Waals surface area (Å²) in [7, 11) is 0. The number of ketones is 1. The molecular weight excluding hydrogens is 791 g/mol. The van der Waals surface area contributed by atoms with Crippen LogP contribution in [-0.2, 0) is 9.53 Å². The van der Waals surface area contributed by atoms with Crippen molar-refractivity contribution in [3.05, 3.63) is 45.6 Å². The first-order chi connectivity index (χ1) is 24.7. The zero-order chi connectivity index (χ0) is 39.3. The number of fused-ring (bicyclic) bond motifs is 5. The minimum atomic E-state index is -1.67. The quantitative estimate of drug-likeness (QED) is 0.0630. The SMILES string of the molecule is C/C(=C/C=C/[C@H](C)[C@H](O)[C@@H](C)[C@@H](O)C(C)C)C(=O)Nc1c(O)c2c(O)c(C)c3c(c2c2c1=NC1(CCN(CC(C)I)CC1)N=2)C(=O)[C@@](C)(OC(C)C)O3. The zero-order valence-corrected chi connectivity index (χ0v) is 34.6. The van der Waals surface area contributed by atoms with E-state index in [1.807, 2.05) is 27.7 Å². The third-order valence-electron chi connectivity index (χ3n) is 10.7. The molecule has 6 atom stereocenters. The van der Waals surface area contributed by atoms with Crippen LogP contribution >= 0.6 is 22.6 Å². The van der Waals surface area contributed by atoms with E-state index in [2.05, 4.69) is 39.7 Å². The Morgan fingerprint density at radius 1 is 1.02 bits per heavy atom. The standard InChI is InChI=1S/C40H55IN4O8/c1-19(2)32(46)24(8)33(47)21(5)12-11-13-22(6)38(51)42-31-30-29(43-40(44-30)14-16-45(17-15-40)18-23(7)41)26-27(35(31)49)34(48)25(9)36-28(26)37(50)39(10,53-36)52-20(3)4/h11-13,19-21,23-24,32-33,46-49H,14-18H2,1-10H3,(H,42,51)/b12-11+,22-13-/t21-,23?,24-,32-,33-,39-/m0/s1. The number of allylic oxidation sites excluding steroid dienone is 2. The fraction of sp³-hybridized carbons (Fsp3) is 0.600. The number of carbonyl (C=O) groups is 2. The van der Waals surface area contributed by atoms with Crippen LogP contribution in [0.2, 0.25) is 0 Å². The molecule has 1 amide bonds. The highest BCUT2D eigenvalue weighted by molar-refractivity contribution is 14.1. The Balaban J connectivity index is 1.60. The van der Waals surface area contributed by atoms with Gasteiger partial charge in [-0.2, -0.15) is 0 Å². The second-order valence-electron chi connectivity index (χ2n) is 15.8. The van der Waals surface area contributed by atoms with E-state index in [1.165, 1.54) is 0 Å². The number of nitrogens with zero attached hydrogens (tertiary/aromatic N) is 3. The van der Waals surface area contributed by atoms with Gasteiger partial charge in [-0.25, -0.2) is 0 Å². The fourth-order valence-corrected chi connectivity index (χ4v) is 8.19. The molecule has 3 heterocycles. The van der Waals surface area contributed by atoms with Gasteiger partial charge in [-0.3, -0.25) is 19.6 Å². The molecule has 5 rings (SSSR count). The van der Waals surface area contributed by atoms with E-state index >= 15 is 0 Å². The topological polar surface area (TPSA) is 174 Å². The Hall–Kier alpha value is -3.11. The number of ether oxygens (including phenoxy) is 2. The van der Waals surface area contributed by atoms with Gasteiger partial charge < -0.3 is 40.1 Å². The number of anilines is 1. The average molecular weight is 847 g/mol. The van der Waals surface area contributed by atoms with Crippen LogP contribution in [0, 0.1) is 24.7 Å². The third kappa shape index (κ3) is 7.87. The lowest BCUT2D eigenvalue weighted by Gasteiger charge is -2.36. The van der Waals surface area contributed by atoms with Crippen LogP contribution < -0.4 is 20.8 Å². The van der Waals surface area contributed by atoms with Crippen molar-refractivity contribution in [3.8, 4) is 17.2 Å². The van der Waals surface area contributed by atoms with E-state index < -0.39 is 41.1 Å². The van der Waals surface area contributed by atoms with Crippen LogP contribution in [0.1, 0.15) is 91.1 Å². The summed E-state index contributed by atoms with van der Waals surface area (Å²) < 4.78 is 12.6. The number of amides is 1. The minimum absolute atomic E-state index is 0.00102. The van der Waals surface area contributed by atoms with Crippen molar-refractivity contribution in [2.45, 2.75) is 116 Å². The van der Waals surface area contributed by atoms with E-state index in [9.17, 15) is 30.0 Å². The lowest BCUT2D eigenvalue weighted by Crippen LogP contribution is -2.43. The van der Waals surface area contributed by atoms with Crippen LogP contribution in [0.3, 0.4) is 0 Å². The maximum Gasteiger partial charge on any atom is 0.272 e. The van der Waals surface area contributed by atoms with E-state index in [0.29, 0.717) is 27.7 Å². The van der Waals surface area contributed by atoms with Crippen molar-refractivity contribution in [1.29, 1.82) is 0 Å². The molecule has 13 heteroatoms. The summed E-state index contributed by atoms with van der Waals surface area (Å²) in [4.78, 5) is 40.6. The number of alkyl halides is 1. The van der Waals surface area contributed by atoms with Gasteiger partial charge in [0.25, 0.3) is 11.7 Å². The molecular formula is C40H55IN4O8. The number of aromatic hydroxyl groups is 2.